The number of hydrogen-bond donors (Lipinski definition) is 1. The van der Waals surface area contributed by atoms with Gasteiger partial charge in [0.15, 0.2) is 0 Å². The van der Waals surface area contributed by atoms with Gasteiger partial charge >= 0.3 is 5.97 Å². The molecule has 98 valence electrons. The second-order valence-corrected chi connectivity index (χ2v) is 4.87. The molecule has 1 heterocycles. The lowest BCUT2D eigenvalue weighted by molar-refractivity contribution is -0.142. The van der Waals surface area contributed by atoms with Crippen molar-refractivity contribution in [1.29, 1.82) is 0 Å². The number of aliphatic hydroxyl groups is 1. The molecule has 0 radical (unpaired) electrons. The molecule has 3 nitrogen and oxygen atoms in total. The first kappa shape index (κ1) is 14.2. The maximum absolute atomic E-state index is 11.4. The fourth-order valence-electron chi connectivity index (χ4n) is 2.07. The number of hydrogen-bond acceptors (Lipinski definition) is 3. The second kappa shape index (κ2) is 8.29. The third-order valence-corrected chi connectivity index (χ3v) is 3.13. The molecule has 2 atom stereocenters. The summed E-state index contributed by atoms with van der Waals surface area (Å²) >= 11 is 0. The van der Waals surface area contributed by atoms with E-state index in [1.165, 1.54) is 31.8 Å². The van der Waals surface area contributed by atoms with Crippen LogP contribution in [0, 0.1) is 0 Å². The molecule has 3 heteroatoms. The number of ether oxygens (including phenoxy) is 1. The van der Waals surface area contributed by atoms with Crippen LogP contribution in [0.15, 0.2) is 12.2 Å². The van der Waals surface area contributed by atoms with Crippen molar-refractivity contribution in [2.24, 2.45) is 0 Å². The monoisotopic (exact) mass is 240 g/mol. The van der Waals surface area contributed by atoms with E-state index >= 15 is 0 Å². The summed E-state index contributed by atoms with van der Waals surface area (Å²) in [6.07, 6.45) is 11.0. The maximum atomic E-state index is 11.4. The van der Waals surface area contributed by atoms with Crippen LogP contribution in [0.1, 0.15) is 58.3 Å². The summed E-state index contributed by atoms with van der Waals surface area (Å²) in [5.41, 5.74) is 0. The van der Waals surface area contributed by atoms with Crippen molar-refractivity contribution in [3.8, 4) is 0 Å². The quantitative estimate of drug-likeness (QED) is 0.662. The van der Waals surface area contributed by atoms with E-state index in [2.05, 4.69) is 0 Å². The Morgan fingerprint density at radius 1 is 1.12 bits per heavy atom. The first-order chi connectivity index (χ1) is 8.18. The lowest BCUT2D eigenvalue weighted by Gasteiger charge is -2.12. The van der Waals surface area contributed by atoms with Crippen LogP contribution in [0.3, 0.4) is 0 Å². The maximum Gasteiger partial charge on any atom is 0.330 e. The Labute approximate surface area is 104 Å². The Hall–Kier alpha value is -0.830. The van der Waals surface area contributed by atoms with Crippen molar-refractivity contribution < 1.29 is 14.6 Å². The average Bonchev–Trinajstić information content (AvgIpc) is 2.29. The highest BCUT2D eigenvalue weighted by molar-refractivity contribution is 5.82. The van der Waals surface area contributed by atoms with E-state index in [0.717, 1.165) is 25.7 Å². The lowest BCUT2D eigenvalue weighted by Crippen LogP contribution is -2.14. The zero-order chi connectivity index (χ0) is 12.5. The van der Waals surface area contributed by atoms with Gasteiger partial charge in [-0.15, -0.1) is 0 Å². The molecule has 1 aliphatic heterocycles. The third-order valence-electron chi connectivity index (χ3n) is 3.13. The lowest BCUT2D eigenvalue weighted by atomic mass is 10.0. The van der Waals surface area contributed by atoms with Crippen LogP contribution in [-0.2, 0) is 9.53 Å². The third kappa shape index (κ3) is 7.16. The van der Waals surface area contributed by atoms with Crippen molar-refractivity contribution in [3.63, 3.8) is 0 Å². The molecule has 0 amide bonds. The molecule has 0 spiro atoms. The van der Waals surface area contributed by atoms with Crippen LogP contribution in [0.25, 0.3) is 0 Å². The summed E-state index contributed by atoms with van der Waals surface area (Å²) in [6.45, 7) is 1.92. The minimum atomic E-state index is -0.513. The molecule has 1 aliphatic rings. The molecule has 0 bridgehead atoms. The van der Waals surface area contributed by atoms with Gasteiger partial charge in [-0.1, -0.05) is 32.1 Å². The Bertz CT molecular complexity index is 248. The number of esters is 1. The molecule has 0 saturated carbocycles. The largest absolute Gasteiger partial charge is 0.460 e. The standard InChI is InChI=1S/C14H24O3/c1-12-8-6-4-2-3-5-7-9-13(15)10-11-14(16)17-12/h10-13,15H,2-9H2,1H3/b11-10+. The van der Waals surface area contributed by atoms with Gasteiger partial charge in [0.25, 0.3) is 0 Å². The molecule has 1 rings (SSSR count). The van der Waals surface area contributed by atoms with E-state index in [0.29, 0.717) is 0 Å². The molecular formula is C14H24O3. The van der Waals surface area contributed by atoms with E-state index < -0.39 is 6.10 Å². The zero-order valence-corrected chi connectivity index (χ0v) is 10.7. The van der Waals surface area contributed by atoms with Gasteiger partial charge in [-0.05, 0) is 32.3 Å². The predicted octanol–water partition coefficient (Wildman–Crippen LogP) is 2.97. The predicted molar refractivity (Wildman–Crippen MR) is 67.6 cm³/mol. The van der Waals surface area contributed by atoms with Gasteiger partial charge < -0.3 is 9.84 Å². The summed E-state index contributed by atoms with van der Waals surface area (Å²) in [5.74, 6) is -0.339. The highest BCUT2D eigenvalue weighted by Gasteiger charge is 2.08. The molecule has 1 N–H and O–H groups in total. The first-order valence-corrected chi connectivity index (χ1v) is 6.75. The fraction of sp³-hybridized carbons (Fsp3) is 0.786. The Balaban J connectivity index is 2.44. The van der Waals surface area contributed by atoms with Gasteiger partial charge in [0.05, 0.1) is 12.2 Å². The normalized spacial score (nSPS) is 31.3. The van der Waals surface area contributed by atoms with Crippen LogP contribution < -0.4 is 0 Å². The number of aliphatic hydroxyl groups excluding tert-OH is 1. The summed E-state index contributed by atoms with van der Waals surface area (Å²) in [7, 11) is 0. The summed E-state index contributed by atoms with van der Waals surface area (Å²) < 4.78 is 5.21. The molecule has 2 unspecified atom stereocenters. The average molecular weight is 240 g/mol. The molecular weight excluding hydrogens is 216 g/mol. The van der Waals surface area contributed by atoms with Crippen molar-refractivity contribution in [1.82, 2.24) is 0 Å². The number of carbonyl (C=O) groups excluding carboxylic acids is 1. The van der Waals surface area contributed by atoms with Crippen LogP contribution >= 0.6 is 0 Å². The summed E-state index contributed by atoms with van der Waals surface area (Å²) in [5, 5.41) is 9.61. The number of rotatable bonds is 0. The molecule has 17 heavy (non-hydrogen) atoms. The second-order valence-electron chi connectivity index (χ2n) is 4.87. The van der Waals surface area contributed by atoms with Gasteiger partial charge in [-0.25, -0.2) is 4.79 Å². The van der Waals surface area contributed by atoms with Crippen LogP contribution in [-0.4, -0.2) is 23.3 Å². The molecule has 0 aromatic carbocycles. The zero-order valence-electron chi connectivity index (χ0n) is 10.7. The van der Waals surface area contributed by atoms with Crippen LogP contribution in [0.4, 0.5) is 0 Å². The van der Waals surface area contributed by atoms with E-state index in [1.54, 1.807) is 6.08 Å². The van der Waals surface area contributed by atoms with E-state index in [9.17, 15) is 9.90 Å². The van der Waals surface area contributed by atoms with E-state index in [1.807, 2.05) is 6.92 Å². The van der Waals surface area contributed by atoms with Gasteiger partial charge in [0.1, 0.15) is 0 Å². The number of cyclic esters (lactones) is 1. The minimum Gasteiger partial charge on any atom is -0.460 e. The topological polar surface area (TPSA) is 46.5 Å². The van der Waals surface area contributed by atoms with Crippen molar-refractivity contribution in [2.45, 2.75) is 70.5 Å². The van der Waals surface area contributed by atoms with Gasteiger partial charge in [0, 0.05) is 6.08 Å². The van der Waals surface area contributed by atoms with Gasteiger partial charge in [0.2, 0.25) is 0 Å². The molecule has 0 aliphatic carbocycles. The van der Waals surface area contributed by atoms with Crippen molar-refractivity contribution in [2.75, 3.05) is 0 Å². The SMILES string of the molecule is CC1CCCCCCCCC(O)/C=C/C(=O)O1. The van der Waals surface area contributed by atoms with Crippen molar-refractivity contribution >= 4 is 5.97 Å². The van der Waals surface area contributed by atoms with E-state index in [4.69, 9.17) is 4.74 Å². The molecule has 0 fully saturated rings. The smallest absolute Gasteiger partial charge is 0.330 e. The molecule has 0 saturated heterocycles. The van der Waals surface area contributed by atoms with Gasteiger partial charge in [-0.3, -0.25) is 0 Å². The van der Waals surface area contributed by atoms with Crippen LogP contribution in [0.2, 0.25) is 0 Å². The highest BCUT2D eigenvalue weighted by atomic mass is 16.5. The van der Waals surface area contributed by atoms with Crippen LogP contribution in [0.5, 0.6) is 0 Å². The molecule has 0 aromatic heterocycles. The summed E-state index contributed by atoms with van der Waals surface area (Å²) in [6, 6.07) is 0. The Morgan fingerprint density at radius 2 is 1.71 bits per heavy atom. The minimum absolute atomic E-state index is 0.0211. The van der Waals surface area contributed by atoms with E-state index in [-0.39, 0.29) is 12.1 Å². The first-order valence-electron chi connectivity index (χ1n) is 6.75. The Morgan fingerprint density at radius 3 is 2.41 bits per heavy atom. The Kier molecular flexibility index (Phi) is 6.94. The van der Waals surface area contributed by atoms with Crippen molar-refractivity contribution in [3.05, 3.63) is 12.2 Å². The van der Waals surface area contributed by atoms with Gasteiger partial charge in [-0.2, -0.15) is 0 Å². The number of carbonyl (C=O) groups is 1. The molecule has 0 aromatic rings. The summed E-state index contributed by atoms with van der Waals surface area (Å²) in [4.78, 5) is 11.4. The fourth-order valence-corrected chi connectivity index (χ4v) is 2.07. The highest BCUT2D eigenvalue weighted by Crippen LogP contribution is 2.13.